The van der Waals surface area contributed by atoms with Gasteiger partial charge in [0.15, 0.2) is 11.5 Å². The van der Waals surface area contributed by atoms with Crippen molar-refractivity contribution in [2.75, 3.05) is 18.7 Å². The first kappa shape index (κ1) is 17.3. The van der Waals surface area contributed by atoms with Crippen LogP contribution in [0.1, 0.15) is 26.3 Å². The zero-order valence-corrected chi connectivity index (χ0v) is 13.9. The van der Waals surface area contributed by atoms with Crippen LogP contribution in [0.25, 0.3) is 0 Å². The molecule has 0 radical (unpaired) electrons. The number of anilines is 1. The van der Waals surface area contributed by atoms with Gasteiger partial charge in [-0.2, -0.15) is 8.42 Å². The largest absolute Gasteiger partial charge is 0.492 e. The first-order valence-corrected chi connectivity index (χ1v) is 8.16. The van der Waals surface area contributed by atoms with Crippen molar-refractivity contribution in [1.29, 1.82) is 0 Å². The van der Waals surface area contributed by atoms with Gasteiger partial charge < -0.3 is 14.2 Å². The Kier molecular flexibility index (Phi) is 4.88. The summed E-state index contributed by atoms with van der Waals surface area (Å²) in [4.78, 5) is 12.0. The summed E-state index contributed by atoms with van der Waals surface area (Å²) in [6.07, 6.45) is 0.955. The van der Waals surface area contributed by atoms with Gasteiger partial charge in [0.2, 0.25) is 5.91 Å². The van der Waals surface area contributed by atoms with Gasteiger partial charge in [-0.15, -0.1) is 0 Å². The fourth-order valence-corrected chi connectivity index (χ4v) is 2.05. The molecule has 0 aliphatic carbocycles. The first-order chi connectivity index (χ1) is 9.45. The Labute approximate surface area is 125 Å². The van der Waals surface area contributed by atoms with Crippen molar-refractivity contribution in [3.63, 3.8) is 0 Å². The van der Waals surface area contributed by atoms with Crippen LogP contribution < -0.4 is 14.2 Å². The summed E-state index contributed by atoms with van der Waals surface area (Å²) >= 11 is 0. The van der Waals surface area contributed by atoms with E-state index in [1.54, 1.807) is 33.8 Å². The van der Waals surface area contributed by atoms with E-state index in [0.29, 0.717) is 11.3 Å². The quantitative estimate of drug-likeness (QED) is 0.862. The van der Waals surface area contributed by atoms with E-state index in [9.17, 15) is 13.2 Å². The highest BCUT2D eigenvalue weighted by Crippen LogP contribution is 2.36. The Morgan fingerprint density at radius 2 is 1.81 bits per heavy atom. The molecule has 0 saturated heterocycles. The molecule has 6 nitrogen and oxygen atoms in total. The van der Waals surface area contributed by atoms with Gasteiger partial charge >= 0.3 is 10.1 Å². The van der Waals surface area contributed by atoms with Crippen molar-refractivity contribution >= 4 is 21.7 Å². The molecule has 1 N–H and O–H groups in total. The van der Waals surface area contributed by atoms with Crippen molar-refractivity contribution in [2.24, 2.45) is 5.41 Å². The second-order valence-corrected chi connectivity index (χ2v) is 7.34. The third-order valence-electron chi connectivity index (χ3n) is 2.74. The van der Waals surface area contributed by atoms with E-state index in [1.807, 2.05) is 0 Å². The Balaban J connectivity index is 3.20. The van der Waals surface area contributed by atoms with Crippen LogP contribution in [-0.4, -0.2) is 27.7 Å². The minimum atomic E-state index is -3.65. The molecule has 21 heavy (non-hydrogen) atoms. The second-order valence-electron chi connectivity index (χ2n) is 5.76. The summed E-state index contributed by atoms with van der Waals surface area (Å²) in [5.41, 5.74) is 0.602. The number of ether oxygens (including phenoxy) is 1. The number of rotatable bonds is 4. The van der Waals surface area contributed by atoms with E-state index in [-0.39, 0.29) is 17.4 Å². The third kappa shape index (κ3) is 4.63. The lowest BCUT2D eigenvalue weighted by Crippen LogP contribution is -2.28. The molecule has 0 atom stereocenters. The summed E-state index contributed by atoms with van der Waals surface area (Å²) in [5, 5.41) is 2.79. The minimum Gasteiger partial charge on any atom is -0.492 e. The van der Waals surface area contributed by atoms with Gasteiger partial charge in [-0.25, -0.2) is 0 Å². The highest BCUT2D eigenvalue weighted by molar-refractivity contribution is 7.86. The maximum absolute atomic E-state index is 12.0. The lowest BCUT2D eigenvalue weighted by Gasteiger charge is -2.20. The van der Waals surface area contributed by atoms with Gasteiger partial charge in [0.25, 0.3) is 0 Å². The zero-order valence-electron chi connectivity index (χ0n) is 13.1. The molecule has 1 aromatic rings. The molecule has 0 saturated carbocycles. The Morgan fingerprint density at radius 1 is 1.24 bits per heavy atom. The summed E-state index contributed by atoms with van der Waals surface area (Å²) < 4.78 is 32.5. The summed E-state index contributed by atoms with van der Waals surface area (Å²) in [7, 11) is -2.24. The number of nitrogens with one attached hydrogen (secondary N) is 1. The van der Waals surface area contributed by atoms with E-state index in [2.05, 4.69) is 5.32 Å². The summed E-state index contributed by atoms with van der Waals surface area (Å²) in [6.45, 7) is 7.12. The lowest BCUT2D eigenvalue weighted by molar-refractivity contribution is -0.123. The molecular formula is C14H21NO5S. The fraction of sp³-hybridized carbons (Fsp3) is 0.500. The molecule has 1 amide bonds. The van der Waals surface area contributed by atoms with Crippen LogP contribution in [0, 0.1) is 12.3 Å². The molecule has 0 unspecified atom stereocenters. The van der Waals surface area contributed by atoms with Crippen LogP contribution in [0.15, 0.2) is 12.1 Å². The number of methoxy groups -OCH3 is 1. The SMILES string of the molecule is COc1c(OS(C)(=O)=O)ccc(NC(=O)C(C)(C)C)c1C. The number of benzene rings is 1. The predicted molar refractivity (Wildman–Crippen MR) is 81.3 cm³/mol. The van der Waals surface area contributed by atoms with Crippen LogP contribution in [0.2, 0.25) is 0 Å². The van der Waals surface area contributed by atoms with Crippen molar-refractivity contribution in [1.82, 2.24) is 0 Å². The molecule has 118 valence electrons. The number of amides is 1. The second kappa shape index (κ2) is 5.93. The molecule has 0 heterocycles. The molecule has 0 aromatic heterocycles. The monoisotopic (exact) mass is 315 g/mol. The zero-order chi connectivity index (χ0) is 16.4. The average molecular weight is 315 g/mol. The predicted octanol–water partition coefficient (Wildman–Crippen LogP) is 2.33. The van der Waals surface area contributed by atoms with E-state index < -0.39 is 15.5 Å². The molecule has 1 aromatic carbocycles. The van der Waals surface area contributed by atoms with Crippen molar-refractivity contribution in [2.45, 2.75) is 27.7 Å². The Bertz CT molecular complexity index is 644. The lowest BCUT2D eigenvalue weighted by atomic mass is 9.95. The fourth-order valence-electron chi connectivity index (χ4n) is 1.59. The highest BCUT2D eigenvalue weighted by Gasteiger charge is 2.23. The van der Waals surface area contributed by atoms with E-state index in [1.165, 1.54) is 13.2 Å². The van der Waals surface area contributed by atoms with E-state index in [0.717, 1.165) is 6.26 Å². The topological polar surface area (TPSA) is 81.7 Å². The van der Waals surface area contributed by atoms with Crippen LogP contribution in [0.3, 0.4) is 0 Å². The number of carbonyl (C=O) groups excluding carboxylic acids is 1. The number of hydrogen-bond donors (Lipinski definition) is 1. The normalized spacial score (nSPS) is 11.9. The Hall–Kier alpha value is -1.76. The van der Waals surface area contributed by atoms with Crippen molar-refractivity contribution < 1.29 is 22.1 Å². The summed E-state index contributed by atoms with van der Waals surface area (Å²) in [5.74, 6) is 0.211. The van der Waals surface area contributed by atoms with Crippen LogP contribution in [0.5, 0.6) is 11.5 Å². The molecule has 0 bridgehead atoms. The van der Waals surface area contributed by atoms with Crippen LogP contribution in [-0.2, 0) is 14.9 Å². The molecule has 0 aliphatic rings. The van der Waals surface area contributed by atoms with Crippen molar-refractivity contribution in [3.8, 4) is 11.5 Å². The standard InChI is InChI=1S/C14H21NO5S/c1-9-10(15-13(16)14(2,3)4)7-8-11(12(9)19-5)20-21(6,17)18/h7-8H,1-6H3,(H,15,16). The minimum absolute atomic E-state index is 0.0891. The van der Waals surface area contributed by atoms with Gasteiger partial charge in [-0.05, 0) is 19.1 Å². The molecule has 0 spiro atoms. The molecular weight excluding hydrogens is 294 g/mol. The smallest absolute Gasteiger partial charge is 0.306 e. The van der Waals surface area contributed by atoms with Gasteiger partial charge in [0, 0.05) is 16.7 Å². The summed E-state index contributed by atoms with van der Waals surface area (Å²) in [6, 6.07) is 3.03. The maximum atomic E-state index is 12.0. The third-order valence-corrected chi connectivity index (χ3v) is 3.23. The van der Waals surface area contributed by atoms with Gasteiger partial charge in [-0.1, -0.05) is 20.8 Å². The van der Waals surface area contributed by atoms with E-state index in [4.69, 9.17) is 8.92 Å². The number of carbonyl (C=O) groups is 1. The molecule has 0 aliphatic heterocycles. The first-order valence-electron chi connectivity index (χ1n) is 6.34. The van der Waals surface area contributed by atoms with E-state index >= 15 is 0 Å². The van der Waals surface area contributed by atoms with Gasteiger partial charge in [0.05, 0.1) is 13.4 Å². The van der Waals surface area contributed by atoms with Crippen molar-refractivity contribution in [3.05, 3.63) is 17.7 Å². The number of hydrogen-bond acceptors (Lipinski definition) is 5. The van der Waals surface area contributed by atoms with Gasteiger partial charge in [0.1, 0.15) is 0 Å². The maximum Gasteiger partial charge on any atom is 0.306 e. The van der Waals surface area contributed by atoms with Crippen LogP contribution >= 0.6 is 0 Å². The molecule has 7 heteroatoms. The Morgan fingerprint density at radius 3 is 2.24 bits per heavy atom. The molecule has 0 fully saturated rings. The highest BCUT2D eigenvalue weighted by atomic mass is 32.2. The van der Waals surface area contributed by atoms with Crippen LogP contribution in [0.4, 0.5) is 5.69 Å². The molecule has 1 rings (SSSR count). The average Bonchev–Trinajstić information content (AvgIpc) is 2.30. The van der Waals surface area contributed by atoms with Gasteiger partial charge in [-0.3, -0.25) is 4.79 Å².